The van der Waals surface area contributed by atoms with Crippen molar-refractivity contribution < 1.29 is 52.5 Å². The Bertz CT molecular complexity index is 2080. The molecule has 0 atom stereocenters. The highest BCUT2D eigenvalue weighted by Gasteiger charge is 2.52. The van der Waals surface area contributed by atoms with Crippen molar-refractivity contribution in [3.8, 4) is 0 Å². The average Bonchev–Trinajstić information content (AvgIpc) is 4.02. The van der Waals surface area contributed by atoms with Crippen molar-refractivity contribution in [1.82, 2.24) is 30.7 Å². The molecule has 61 heavy (non-hydrogen) atoms. The molecule has 326 valence electrons. The number of nitrogens with two attached hydrogens (primary N) is 1. The van der Waals surface area contributed by atoms with E-state index >= 15 is 4.39 Å². The van der Waals surface area contributed by atoms with Crippen molar-refractivity contribution in [2.75, 3.05) is 71.1 Å². The number of aliphatic imine (C=N–C) groups is 1. The largest absolute Gasteiger partial charge is 0.395 e. The number of rotatable bonds is 23. The minimum Gasteiger partial charge on any atom is -0.395 e. The van der Waals surface area contributed by atoms with Gasteiger partial charge in [0.25, 0.3) is 11.8 Å². The van der Waals surface area contributed by atoms with E-state index in [-0.39, 0.29) is 113 Å². The van der Waals surface area contributed by atoms with E-state index < -0.39 is 40.8 Å². The number of aliphatic hydroxyl groups is 1. The van der Waals surface area contributed by atoms with Gasteiger partial charge < -0.3 is 46.5 Å². The molecule has 0 bridgehead atoms. The number of amidine groups is 1. The second-order valence-corrected chi connectivity index (χ2v) is 14.4. The van der Waals surface area contributed by atoms with Gasteiger partial charge in [-0.15, -0.1) is 0 Å². The third-order valence-corrected chi connectivity index (χ3v) is 9.83. The van der Waals surface area contributed by atoms with Crippen LogP contribution in [-0.4, -0.2) is 133 Å². The quantitative estimate of drug-likeness (QED) is 0.0643. The summed E-state index contributed by atoms with van der Waals surface area (Å²) in [5.74, 6) is -3.73. The molecular weight excluding hydrogens is 798 g/mol. The van der Waals surface area contributed by atoms with Gasteiger partial charge in [0, 0.05) is 68.5 Å². The molecule has 0 radical (unpaired) electrons. The molecule has 5 rings (SSSR count). The first-order valence-corrected chi connectivity index (χ1v) is 19.9. The number of benzene rings is 1. The SMILES string of the molecule is CCCN(CCO)C(=O)C1=Cc2c(F)cc(C3(C(=O)Nc4cncc(CNC(=O)CNC(=O)CCOCCOCCNC(=O)CN5C(=O)C=CC5=O)c4)CC3)cc2N=C(N)C1. The fourth-order valence-corrected chi connectivity index (χ4v) is 6.52. The molecule has 3 aliphatic rings. The molecule has 1 aliphatic carbocycles. The summed E-state index contributed by atoms with van der Waals surface area (Å²) >= 11 is 0. The Morgan fingerprint density at radius 1 is 0.934 bits per heavy atom. The van der Waals surface area contributed by atoms with Crippen LogP contribution in [0.4, 0.5) is 15.8 Å². The monoisotopic (exact) mass is 847 g/mol. The summed E-state index contributed by atoms with van der Waals surface area (Å²) in [6.07, 6.45) is 8.17. The number of halogens is 1. The zero-order valence-corrected chi connectivity index (χ0v) is 33.8. The molecule has 2 aromatic rings. The maximum Gasteiger partial charge on any atom is 0.254 e. The molecule has 7 amide bonds. The highest BCUT2D eigenvalue weighted by Crippen LogP contribution is 2.50. The Labute approximate surface area is 351 Å². The molecule has 20 heteroatoms. The minimum atomic E-state index is -1.03. The van der Waals surface area contributed by atoms with Gasteiger partial charge >= 0.3 is 0 Å². The van der Waals surface area contributed by atoms with Crippen molar-refractivity contribution in [2.24, 2.45) is 10.7 Å². The molecule has 1 aromatic heterocycles. The highest BCUT2D eigenvalue weighted by atomic mass is 19.1. The smallest absolute Gasteiger partial charge is 0.254 e. The molecule has 0 unspecified atom stereocenters. The fourth-order valence-electron chi connectivity index (χ4n) is 6.52. The third-order valence-electron chi connectivity index (χ3n) is 9.83. The van der Waals surface area contributed by atoms with E-state index in [4.69, 9.17) is 15.2 Å². The first-order valence-electron chi connectivity index (χ1n) is 19.9. The van der Waals surface area contributed by atoms with Crippen LogP contribution in [-0.2, 0) is 55.0 Å². The second kappa shape index (κ2) is 21.7. The van der Waals surface area contributed by atoms with E-state index in [1.165, 1.54) is 29.4 Å². The molecule has 2 aliphatic heterocycles. The number of nitrogens with one attached hydrogen (secondary N) is 4. The van der Waals surface area contributed by atoms with Crippen molar-refractivity contribution >= 4 is 64.6 Å². The lowest BCUT2D eigenvalue weighted by Crippen LogP contribution is -2.41. The third kappa shape index (κ3) is 12.8. The van der Waals surface area contributed by atoms with Crippen LogP contribution in [0.1, 0.15) is 55.7 Å². The number of aromatic nitrogens is 1. The van der Waals surface area contributed by atoms with E-state index in [2.05, 4.69) is 31.2 Å². The molecule has 0 spiro atoms. The van der Waals surface area contributed by atoms with Crippen LogP contribution < -0.4 is 27.0 Å². The van der Waals surface area contributed by atoms with Crippen LogP contribution in [0.3, 0.4) is 0 Å². The number of carbonyl (C=O) groups excluding carboxylic acids is 7. The summed E-state index contributed by atoms with van der Waals surface area (Å²) in [5, 5.41) is 20.0. The molecule has 1 fully saturated rings. The predicted molar refractivity (Wildman–Crippen MR) is 218 cm³/mol. The minimum absolute atomic E-state index is 0.00174. The van der Waals surface area contributed by atoms with E-state index in [1.807, 2.05) is 6.92 Å². The molecule has 3 heterocycles. The first-order chi connectivity index (χ1) is 29.3. The van der Waals surface area contributed by atoms with Crippen LogP contribution in [0.5, 0.6) is 0 Å². The van der Waals surface area contributed by atoms with Crippen LogP contribution >= 0.6 is 0 Å². The fraction of sp³-hybridized carbons (Fsp3) is 0.439. The topological polar surface area (TPSA) is 264 Å². The number of fused-ring (bicyclic) bond motifs is 1. The molecule has 19 nitrogen and oxygen atoms in total. The Morgan fingerprint density at radius 3 is 2.38 bits per heavy atom. The lowest BCUT2D eigenvalue weighted by Gasteiger charge is -2.22. The van der Waals surface area contributed by atoms with Crippen LogP contribution in [0.15, 0.2) is 53.3 Å². The van der Waals surface area contributed by atoms with Gasteiger partial charge in [0.2, 0.25) is 29.5 Å². The summed E-state index contributed by atoms with van der Waals surface area (Å²) < 4.78 is 26.5. The second-order valence-electron chi connectivity index (χ2n) is 14.4. The van der Waals surface area contributed by atoms with Crippen molar-refractivity contribution in [2.45, 2.75) is 51.0 Å². The molecule has 1 aromatic carbocycles. The number of ether oxygens (including phenoxy) is 2. The van der Waals surface area contributed by atoms with E-state index in [9.17, 15) is 38.7 Å². The number of aliphatic hydroxyl groups excluding tert-OH is 1. The van der Waals surface area contributed by atoms with Gasteiger partial charge in [-0.2, -0.15) is 0 Å². The molecule has 7 N–H and O–H groups in total. The number of hydrogen-bond donors (Lipinski definition) is 6. The Kier molecular flexibility index (Phi) is 16.3. The number of anilines is 1. The van der Waals surface area contributed by atoms with Crippen molar-refractivity contribution in [3.05, 3.63) is 70.8 Å². The van der Waals surface area contributed by atoms with Gasteiger partial charge in [0.1, 0.15) is 18.2 Å². The number of carbonyl (C=O) groups is 7. The van der Waals surface area contributed by atoms with E-state index in [1.54, 1.807) is 12.1 Å². The zero-order chi connectivity index (χ0) is 43.9. The Morgan fingerprint density at radius 2 is 1.67 bits per heavy atom. The summed E-state index contributed by atoms with van der Waals surface area (Å²) in [7, 11) is 0. The number of nitrogens with zero attached hydrogens (tertiary/aromatic N) is 4. The van der Waals surface area contributed by atoms with Crippen molar-refractivity contribution in [3.63, 3.8) is 0 Å². The summed E-state index contributed by atoms with van der Waals surface area (Å²) in [6, 6.07) is 4.54. The number of amides is 7. The van der Waals surface area contributed by atoms with Gasteiger partial charge in [-0.3, -0.25) is 43.4 Å². The maximum atomic E-state index is 15.8. The number of hydrogen-bond acceptors (Lipinski definition) is 13. The normalized spacial score (nSPS) is 15.0. The van der Waals surface area contributed by atoms with Crippen LogP contribution in [0, 0.1) is 5.82 Å². The summed E-state index contributed by atoms with van der Waals surface area (Å²) in [6.45, 7) is 2.44. The average molecular weight is 848 g/mol. The summed E-state index contributed by atoms with van der Waals surface area (Å²) in [4.78, 5) is 97.3. The number of imide groups is 1. The lowest BCUT2D eigenvalue weighted by atomic mass is 9.92. The zero-order valence-electron chi connectivity index (χ0n) is 33.8. The van der Waals surface area contributed by atoms with E-state index in [0.717, 1.165) is 17.1 Å². The lowest BCUT2D eigenvalue weighted by molar-refractivity contribution is -0.141. The first kappa shape index (κ1) is 45.7. The van der Waals surface area contributed by atoms with Gasteiger partial charge in [-0.1, -0.05) is 6.92 Å². The van der Waals surface area contributed by atoms with E-state index in [0.29, 0.717) is 42.6 Å². The summed E-state index contributed by atoms with van der Waals surface area (Å²) in [5.41, 5.74) is 7.03. The van der Waals surface area contributed by atoms with Crippen LogP contribution in [0.25, 0.3) is 6.08 Å². The Hall–Kier alpha value is -6.38. The molecule has 0 saturated heterocycles. The Balaban J connectivity index is 1.01. The highest BCUT2D eigenvalue weighted by molar-refractivity contribution is 6.14. The maximum absolute atomic E-state index is 15.8. The van der Waals surface area contributed by atoms with Gasteiger partial charge in [0.05, 0.1) is 62.6 Å². The molecular formula is C41H50FN9O10. The standard InChI is InChI=1S/C41H50FN9O10/c1-2-9-50(10-11-52)39(58)27-17-30-31(42)19-28(20-32(30)49-33(43)18-27)41(6-7-41)40(59)48-29-16-26(21-44-23-29)22-46-35(54)24-47-34(53)5-12-60-14-15-61-13-8-45-36(55)25-51-37(56)3-4-38(51)57/h3-4,16-17,19-21,23,52H,2,5-15,18,22,24-25H2,1H3,(H2,43,49)(H,45,55)(H,46,54)(H,47,53)(H,48,59). The molecule has 1 saturated carbocycles. The van der Waals surface area contributed by atoms with Gasteiger partial charge in [-0.25, -0.2) is 9.38 Å². The predicted octanol–water partition coefficient (Wildman–Crippen LogP) is 0.0946. The van der Waals surface area contributed by atoms with Crippen LogP contribution in [0.2, 0.25) is 0 Å². The van der Waals surface area contributed by atoms with Crippen molar-refractivity contribution in [1.29, 1.82) is 0 Å². The van der Waals surface area contributed by atoms with Gasteiger partial charge in [0.15, 0.2) is 0 Å². The van der Waals surface area contributed by atoms with Gasteiger partial charge in [-0.05, 0) is 54.7 Å². The number of pyridine rings is 1.